The zero-order valence-corrected chi connectivity index (χ0v) is 12.5. The van der Waals surface area contributed by atoms with Gasteiger partial charge in [0.05, 0.1) is 12.3 Å². The molecule has 0 aliphatic heterocycles. The quantitative estimate of drug-likeness (QED) is 0.715. The molecule has 20 heavy (non-hydrogen) atoms. The van der Waals surface area contributed by atoms with Crippen LogP contribution in [0.3, 0.4) is 0 Å². The molecular formula is C12H19N3O4S. The van der Waals surface area contributed by atoms with E-state index in [-0.39, 0.29) is 6.42 Å². The number of carboxylic acid groups (broad SMARTS) is 1. The Balaban J connectivity index is 2.47. The highest BCUT2D eigenvalue weighted by atomic mass is 32.1. The molecule has 0 saturated heterocycles. The fourth-order valence-corrected chi connectivity index (χ4v) is 2.19. The number of anilines is 1. The van der Waals surface area contributed by atoms with Gasteiger partial charge >= 0.3 is 12.0 Å². The highest BCUT2D eigenvalue weighted by Gasteiger charge is 2.21. The number of aromatic nitrogens is 1. The number of methoxy groups -OCH3 is 1. The smallest absolute Gasteiger partial charge is 0.321 e. The Labute approximate surface area is 121 Å². The fourth-order valence-electron chi connectivity index (χ4n) is 1.50. The van der Waals surface area contributed by atoms with E-state index in [0.29, 0.717) is 18.2 Å². The van der Waals surface area contributed by atoms with Gasteiger partial charge in [0, 0.05) is 24.4 Å². The van der Waals surface area contributed by atoms with E-state index < -0.39 is 17.5 Å². The molecule has 1 aromatic rings. The van der Waals surface area contributed by atoms with Crippen LogP contribution >= 0.6 is 11.3 Å². The van der Waals surface area contributed by atoms with Crippen molar-refractivity contribution in [2.24, 2.45) is 0 Å². The van der Waals surface area contributed by atoms with Gasteiger partial charge in [0.2, 0.25) is 0 Å². The van der Waals surface area contributed by atoms with Crippen LogP contribution in [0.15, 0.2) is 5.38 Å². The molecule has 1 heterocycles. The number of carbonyl (C=O) groups excluding carboxylic acids is 1. The second-order valence-electron chi connectivity index (χ2n) is 4.93. The summed E-state index contributed by atoms with van der Waals surface area (Å²) in [6, 6.07) is -0.404. The molecule has 0 unspecified atom stereocenters. The van der Waals surface area contributed by atoms with Gasteiger partial charge in [-0.1, -0.05) is 0 Å². The van der Waals surface area contributed by atoms with E-state index >= 15 is 0 Å². The number of aliphatic carboxylic acids is 1. The molecule has 1 aromatic heterocycles. The van der Waals surface area contributed by atoms with Gasteiger partial charge < -0.3 is 15.2 Å². The number of rotatable bonds is 7. The Kier molecular flexibility index (Phi) is 5.90. The molecule has 0 aliphatic carbocycles. The topological polar surface area (TPSA) is 101 Å². The van der Waals surface area contributed by atoms with Gasteiger partial charge in [0.1, 0.15) is 0 Å². The lowest BCUT2D eigenvalue weighted by Gasteiger charge is -2.25. The monoisotopic (exact) mass is 301 g/mol. The van der Waals surface area contributed by atoms with Gasteiger partial charge in [0.15, 0.2) is 5.13 Å². The summed E-state index contributed by atoms with van der Waals surface area (Å²) in [6.07, 6.45) is 0.352. The molecule has 8 heteroatoms. The maximum atomic E-state index is 11.8. The van der Waals surface area contributed by atoms with Crippen molar-refractivity contribution in [1.29, 1.82) is 0 Å². The molecule has 1 rings (SSSR count). The predicted octanol–water partition coefficient (Wildman–Crippen LogP) is 2.05. The molecule has 0 atom stereocenters. The second kappa shape index (κ2) is 7.20. The van der Waals surface area contributed by atoms with Crippen LogP contribution in [0.25, 0.3) is 0 Å². The second-order valence-corrected chi connectivity index (χ2v) is 5.79. The number of thiazole rings is 1. The normalized spacial score (nSPS) is 11.2. The summed E-state index contributed by atoms with van der Waals surface area (Å²) in [5.41, 5.74) is 0.146. The highest BCUT2D eigenvalue weighted by molar-refractivity contribution is 7.13. The lowest BCUT2D eigenvalue weighted by molar-refractivity contribution is -0.137. The molecule has 112 valence electrons. The van der Waals surface area contributed by atoms with Crippen LogP contribution in [0.5, 0.6) is 0 Å². The number of nitrogens with one attached hydrogen (secondary N) is 2. The van der Waals surface area contributed by atoms with Crippen molar-refractivity contribution in [2.75, 3.05) is 12.4 Å². The van der Waals surface area contributed by atoms with Crippen LogP contribution in [0.4, 0.5) is 9.93 Å². The van der Waals surface area contributed by atoms with Crippen molar-refractivity contribution in [3.05, 3.63) is 11.1 Å². The highest BCUT2D eigenvalue weighted by Crippen LogP contribution is 2.17. The zero-order valence-electron chi connectivity index (χ0n) is 11.7. The van der Waals surface area contributed by atoms with E-state index in [4.69, 9.17) is 9.84 Å². The van der Waals surface area contributed by atoms with Crippen molar-refractivity contribution < 1.29 is 19.4 Å². The summed E-state index contributed by atoms with van der Waals surface area (Å²) in [5, 5.41) is 16.3. The van der Waals surface area contributed by atoms with Gasteiger partial charge in [-0.2, -0.15) is 0 Å². The summed E-state index contributed by atoms with van der Waals surface area (Å²) in [4.78, 5) is 26.5. The Morgan fingerprint density at radius 1 is 1.50 bits per heavy atom. The predicted molar refractivity (Wildman–Crippen MR) is 75.9 cm³/mol. The molecule has 0 bridgehead atoms. The maximum Gasteiger partial charge on any atom is 0.321 e. The Morgan fingerprint density at radius 3 is 2.80 bits per heavy atom. The molecule has 3 N–H and O–H groups in total. The average molecular weight is 301 g/mol. The van der Waals surface area contributed by atoms with E-state index in [0.717, 1.165) is 5.69 Å². The minimum absolute atomic E-state index is 0.00250. The van der Waals surface area contributed by atoms with E-state index in [9.17, 15) is 9.59 Å². The van der Waals surface area contributed by atoms with Crippen molar-refractivity contribution >= 4 is 28.5 Å². The lowest BCUT2D eigenvalue weighted by atomic mass is 9.99. The first-order valence-corrected chi connectivity index (χ1v) is 6.94. The number of hydrogen-bond donors (Lipinski definition) is 3. The van der Waals surface area contributed by atoms with E-state index in [2.05, 4.69) is 15.6 Å². The van der Waals surface area contributed by atoms with Gasteiger partial charge in [-0.15, -0.1) is 11.3 Å². The minimum atomic E-state index is -0.885. The average Bonchev–Trinajstić information content (AvgIpc) is 2.74. The third kappa shape index (κ3) is 5.98. The Bertz CT molecular complexity index is 473. The number of amides is 2. The van der Waals surface area contributed by atoms with E-state index in [1.807, 2.05) is 0 Å². The van der Waals surface area contributed by atoms with Crippen LogP contribution in [0.2, 0.25) is 0 Å². The molecule has 2 amide bonds. The minimum Gasteiger partial charge on any atom is -0.481 e. The molecule has 7 nitrogen and oxygen atoms in total. The summed E-state index contributed by atoms with van der Waals surface area (Å²) >= 11 is 1.30. The number of ether oxygens (including phenoxy) is 1. The number of hydrogen-bond acceptors (Lipinski definition) is 5. The molecule has 0 spiro atoms. The molecule has 0 aliphatic rings. The van der Waals surface area contributed by atoms with E-state index in [1.54, 1.807) is 26.3 Å². The van der Waals surface area contributed by atoms with Crippen molar-refractivity contribution in [3.63, 3.8) is 0 Å². The van der Waals surface area contributed by atoms with Crippen LogP contribution in [0, 0.1) is 0 Å². The standard InChI is InChI=1S/C12H19N3O4S/c1-12(2,5-4-9(16)17)15-10(18)14-11-13-8(6-19-3)7-20-11/h7H,4-6H2,1-3H3,(H,16,17)(H2,13,14,15,18). The molecule has 0 radical (unpaired) electrons. The number of carbonyl (C=O) groups is 2. The van der Waals surface area contributed by atoms with Crippen molar-refractivity contribution in [3.8, 4) is 0 Å². The van der Waals surface area contributed by atoms with Crippen LogP contribution in [-0.2, 0) is 16.1 Å². The first-order chi connectivity index (χ1) is 9.32. The van der Waals surface area contributed by atoms with Gasteiger partial charge in [0.25, 0.3) is 0 Å². The molecule has 0 saturated carbocycles. The van der Waals surface area contributed by atoms with Crippen LogP contribution < -0.4 is 10.6 Å². The Morgan fingerprint density at radius 2 is 2.20 bits per heavy atom. The molecule has 0 aromatic carbocycles. The van der Waals surface area contributed by atoms with E-state index in [1.165, 1.54) is 11.3 Å². The Hall–Kier alpha value is -1.67. The summed E-state index contributed by atoms with van der Waals surface area (Å²) in [7, 11) is 1.57. The van der Waals surface area contributed by atoms with Crippen LogP contribution in [0.1, 0.15) is 32.4 Å². The maximum absolute atomic E-state index is 11.8. The third-order valence-electron chi connectivity index (χ3n) is 2.48. The van der Waals surface area contributed by atoms with Gasteiger partial charge in [-0.3, -0.25) is 10.1 Å². The largest absolute Gasteiger partial charge is 0.481 e. The summed E-state index contributed by atoms with van der Waals surface area (Å²) < 4.78 is 4.94. The summed E-state index contributed by atoms with van der Waals surface area (Å²) in [6.45, 7) is 3.94. The van der Waals surface area contributed by atoms with Gasteiger partial charge in [-0.05, 0) is 20.3 Å². The zero-order chi connectivity index (χ0) is 15.2. The number of nitrogens with zero attached hydrogens (tertiary/aromatic N) is 1. The first-order valence-electron chi connectivity index (χ1n) is 6.07. The fraction of sp³-hybridized carbons (Fsp3) is 0.583. The molecule has 0 fully saturated rings. The number of urea groups is 1. The summed E-state index contributed by atoms with van der Waals surface area (Å²) in [5.74, 6) is -0.885. The lowest BCUT2D eigenvalue weighted by Crippen LogP contribution is -2.45. The third-order valence-corrected chi connectivity index (χ3v) is 3.29. The van der Waals surface area contributed by atoms with Crippen molar-refractivity contribution in [1.82, 2.24) is 10.3 Å². The van der Waals surface area contributed by atoms with Crippen LogP contribution in [-0.4, -0.2) is 34.7 Å². The molecular weight excluding hydrogens is 282 g/mol. The SMILES string of the molecule is COCc1csc(NC(=O)NC(C)(C)CCC(=O)O)n1. The number of carboxylic acids is 1. The first kappa shape index (κ1) is 16.4. The van der Waals surface area contributed by atoms with Crippen molar-refractivity contribution in [2.45, 2.75) is 38.8 Å². The van der Waals surface area contributed by atoms with Gasteiger partial charge in [-0.25, -0.2) is 9.78 Å².